The van der Waals surface area contributed by atoms with Crippen molar-refractivity contribution in [3.05, 3.63) is 0 Å². The molecule has 0 aliphatic heterocycles. The summed E-state index contributed by atoms with van der Waals surface area (Å²) >= 11 is 2.69. The van der Waals surface area contributed by atoms with E-state index < -0.39 is 11.3 Å². The summed E-state index contributed by atoms with van der Waals surface area (Å²) in [4.78, 5) is 23.7. The number of nitrogens with zero attached hydrogens (tertiary/aromatic N) is 2. The number of anilines is 1. The minimum Gasteiger partial charge on any atom is -0.360 e. The highest BCUT2D eigenvalue weighted by Gasteiger charge is 2.21. The zero-order valence-electron chi connectivity index (χ0n) is 14.2. The Morgan fingerprint density at radius 2 is 2.00 bits per heavy atom. The average molecular weight is 360 g/mol. The molecule has 3 N–H and O–H groups in total. The van der Waals surface area contributed by atoms with Gasteiger partial charge in [0.15, 0.2) is 4.34 Å². The third kappa shape index (κ3) is 8.17. The van der Waals surface area contributed by atoms with Crippen LogP contribution in [0.3, 0.4) is 0 Å². The Morgan fingerprint density at radius 1 is 1.30 bits per heavy atom. The van der Waals surface area contributed by atoms with Crippen LogP contribution in [0, 0.1) is 0 Å². The molecule has 0 unspecified atom stereocenters. The SMILES string of the molecule is CCCCNc1nnc(S[C@@H](C)C(=O)NC(=O)NC(C)(C)C)s1. The van der Waals surface area contributed by atoms with Crippen molar-refractivity contribution in [3.8, 4) is 0 Å². The van der Waals surface area contributed by atoms with Gasteiger partial charge < -0.3 is 10.6 Å². The van der Waals surface area contributed by atoms with Crippen molar-refractivity contribution in [2.45, 2.75) is 62.6 Å². The summed E-state index contributed by atoms with van der Waals surface area (Å²) in [7, 11) is 0. The first-order chi connectivity index (χ1) is 10.7. The number of aromatic nitrogens is 2. The fourth-order valence-corrected chi connectivity index (χ4v) is 3.41. The van der Waals surface area contributed by atoms with Gasteiger partial charge in [0, 0.05) is 12.1 Å². The molecule has 0 radical (unpaired) electrons. The second kappa shape index (κ2) is 9.07. The van der Waals surface area contributed by atoms with Crippen molar-refractivity contribution in [2.24, 2.45) is 0 Å². The van der Waals surface area contributed by atoms with E-state index in [1.54, 1.807) is 6.92 Å². The van der Waals surface area contributed by atoms with Crippen LogP contribution in [-0.2, 0) is 4.79 Å². The molecule has 3 amide bonds. The molecular formula is C14H25N5O2S2. The number of rotatable bonds is 7. The van der Waals surface area contributed by atoms with E-state index in [0.29, 0.717) is 4.34 Å². The van der Waals surface area contributed by atoms with Gasteiger partial charge in [-0.1, -0.05) is 36.4 Å². The van der Waals surface area contributed by atoms with Crippen LogP contribution in [0.25, 0.3) is 0 Å². The lowest BCUT2D eigenvalue weighted by molar-refractivity contribution is -0.119. The molecule has 7 nitrogen and oxygen atoms in total. The highest BCUT2D eigenvalue weighted by atomic mass is 32.2. The molecule has 1 atom stereocenters. The minimum atomic E-state index is -0.492. The second-order valence-electron chi connectivity index (χ2n) is 6.11. The summed E-state index contributed by atoms with van der Waals surface area (Å²) < 4.78 is 0.697. The predicted molar refractivity (Wildman–Crippen MR) is 95.1 cm³/mol. The predicted octanol–water partition coefficient (Wildman–Crippen LogP) is 2.86. The van der Waals surface area contributed by atoms with Crippen LogP contribution in [0.2, 0.25) is 0 Å². The van der Waals surface area contributed by atoms with Gasteiger partial charge in [0.05, 0.1) is 5.25 Å². The van der Waals surface area contributed by atoms with E-state index in [1.807, 2.05) is 20.8 Å². The molecule has 9 heteroatoms. The van der Waals surface area contributed by atoms with Crippen molar-refractivity contribution in [3.63, 3.8) is 0 Å². The molecule has 0 fully saturated rings. The van der Waals surface area contributed by atoms with Crippen LogP contribution in [0.15, 0.2) is 4.34 Å². The van der Waals surface area contributed by atoms with Gasteiger partial charge in [0.25, 0.3) is 0 Å². The lowest BCUT2D eigenvalue weighted by atomic mass is 10.1. The Balaban J connectivity index is 2.44. The number of carbonyl (C=O) groups is 2. The summed E-state index contributed by atoms with van der Waals surface area (Å²) in [6.45, 7) is 10.3. The molecule has 23 heavy (non-hydrogen) atoms. The van der Waals surface area contributed by atoms with Crippen LogP contribution in [0.1, 0.15) is 47.5 Å². The molecule has 1 heterocycles. The van der Waals surface area contributed by atoms with Crippen molar-refractivity contribution >= 4 is 40.2 Å². The maximum absolute atomic E-state index is 12.0. The molecule has 1 aromatic rings. The monoisotopic (exact) mass is 359 g/mol. The van der Waals surface area contributed by atoms with E-state index in [2.05, 4.69) is 33.1 Å². The van der Waals surface area contributed by atoms with Gasteiger partial charge in [-0.3, -0.25) is 10.1 Å². The molecule has 0 aliphatic rings. The van der Waals surface area contributed by atoms with Crippen molar-refractivity contribution < 1.29 is 9.59 Å². The van der Waals surface area contributed by atoms with Crippen LogP contribution in [0.5, 0.6) is 0 Å². The Bertz CT molecular complexity index is 527. The normalized spacial score (nSPS) is 12.6. The largest absolute Gasteiger partial charge is 0.360 e. The van der Waals surface area contributed by atoms with Gasteiger partial charge in [0.1, 0.15) is 0 Å². The van der Waals surface area contributed by atoms with E-state index in [9.17, 15) is 9.59 Å². The molecule has 0 bridgehead atoms. The highest BCUT2D eigenvalue weighted by molar-refractivity contribution is 8.02. The van der Waals surface area contributed by atoms with Gasteiger partial charge >= 0.3 is 6.03 Å². The zero-order valence-corrected chi connectivity index (χ0v) is 15.9. The lowest BCUT2D eigenvalue weighted by Gasteiger charge is -2.20. The highest BCUT2D eigenvalue weighted by Crippen LogP contribution is 2.28. The maximum Gasteiger partial charge on any atom is 0.321 e. The topological polar surface area (TPSA) is 96.0 Å². The number of imide groups is 1. The first-order valence-electron chi connectivity index (χ1n) is 7.58. The Hall–Kier alpha value is -1.35. The van der Waals surface area contributed by atoms with Crippen LogP contribution in [0.4, 0.5) is 9.93 Å². The Morgan fingerprint density at radius 3 is 2.61 bits per heavy atom. The van der Waals surface area contributed by atoms with Crippen molar-refractivity contribution in [2.75, 3.05) is 11.9 Å². The summed E-state index contributed by atoms with van der Waals surface area (Å²) in [5.41, 5.74) is -0.390. The summed E-state index contributed by atoms with van der Waals surface area (Å²) in [6, 6.07) is -0.492. The standard InChI is InChI=1S/C14H25N5O2S2/c1-6-7-8-15-12-18-19-13(23-12)22-9(2)10(20)16-11(21)17-14(3,4)5/h9H,6-8H2,1-5H3,(H,15,18)(H2,16,17,20,21)/t9-/m0/s1. The molecule has 0 saturated heterocycles. The van der Waals surface area contributed by atoms with Gasteiger partial charge in [-0.15, -0.1) is 10.2 Å². The maximum atomic E-state index is 12.0. The third-order valence-corrected chi connectivity index (χ3v) is 4.65. The van der Waals surface area contributed by atoms with Gasteiger partial charge in [0.2, 0.25) is 11.0 Å². The molecule has 0 saturated carbocycles. The minimum absolute atomic E-state index is 0.354. The van der Waals surface area contributed by atoms with E-state index in [1.165, 1.54) is 23.1 Å². The van der Waals surface area contributed by atoms with Gasteiger partial charge in [-0.05, 0) is 34.1 Å². The van der Waals surface area contributed by atoms with E-state index in [0.717, 1.165) is 24.5 Å². The zero-order chi connectivity index (χ0) is 17.5. The molecule has 0 aliphatic carbocycles. The average Bonchev–Trinajstić information content (AvgIpc) is 2.84. The Labute approximate surface area is 145 Å². The molecule has 1 rings (SSSR count). The summed E-state index contributed by atoms with van der Waals surface area (Å²) in [6.07, 6.45) is 2.19. The number of carbonyl (C=O) groups excluding carboxylic acids is 2. The van der Waals surface area contributed by atoms with Crippen LogP contribution < -0.4 is 16.0 Å². The third-order valence-electron chi connectivity index (χ3n) is 2.59. The number of thioether (sulfide) groups is 1. The number of urea groups is 1. The number of amides is 3. The second-order valence-corrected chi connectivity index (χ2v) is 8.67. The van der Waals surface area contributed by atoms with E-state index >= 15 is 0 Å². The van der Waals surface area contributed by atoms with Gasteiger partial charge in [-0.25, -0.2) is 4.79 Å². The van der Waals surface area contributed by atoms with Crippen LogP contribution >= 0.6 is 23.1 Å². The fourth-order valence-electron chi connectivity index (χ4n) is 1.49. The first-order valence-corrected chi connectivity index (χ1v) is 9.28. The number of nitrogens with one attached hydrogen (secondary N) is 3. The first kappa shape index (κ1) is 19.7. The smallest absolute Gasteiger partial charge is 0.321 e. The number of hydrogen-bond donors (Lipinski definition) is 3. The van der Waals surface area contributed by atoms with E-state index in [-0.39, 0.29) is 11.4 Å². The molecule has 0 spiro atoms. The number of unbranched alkanes of at least 4 members (excludes halogenated alkanes) is 1. The summed E-state index contributed by atoms with van der Waals surface area (Å²) in [5.74, 6) is -0.354. The van der Waals surface area contributed by atoms with Crippen molar-refractivity contribution in [1.29, 1.82) is 0 Å². The quantitative estimate of drug-likeness (QED) is 0.512. The number of hydrogen-bond acceptors (Lipinski definition) is 7. The Kier molecular flexibility index (Phi) is 7.77. The van der Waals surface area contributed by atoms with Gasteiger partial charge in [-0.2, -0.15) is 0 Å². The van der Waals surface area contributed by atoms with E-state index in [4.69, 9.17) is 0 Å². The lowest BCUT2D eigenvalue weighted by Crippen LogP contribution is -2.49. The summed E-state index contributed by atoms with van der Waals surface area (Å²) in [5, 5.41) is 16.6. The molecule has 1 aromatic heterocycles. The fraction of sp³-hybridized carbons (Fsp3) is 0.714. The van der Waals surface area contributed by atoms with Crippen LogP contribution in [-0.4, -0.2) is 39.5 Å². The molecule has 0 aromatic carbocycles. The van der Waals surface area contributed by atoms with Crippen molar-refractivity contribution in [1.82, 2.24) is 20.8 Å². The molecular weight excluding hydrogens is 334 g/mol. The molecule has 130 valence electrons.